The van der Waals surface area contributed by atoms with Crippen molar-refractivity contribution in [3.8, 4) is 0 Å². The number of aryl methyl sites for hydroxylation is 1. The molecule has 0 atom stereocenters. The number of nitrogens with one attached hydrogen (secondary N) is 2. The number of sulfonamides is 1. The summed E-state index contributed by atoms with van der Waals surface area (Å²) in [5, 5.41) is 0. The Balaban J connectivity index is 1.55. The second kappa shape index (κ2) is 10.0. The maximum Gasteiger partial charge on any atom is 0.266 e. The number of halogens is 1. The van der Waals surface area contributed by atoms with Crippen molar-refractivity contribution < 1.29 is 18.0 Å². The zero-order chi connectivity index (χ0) is 22.6. The molecule has 0 bridgehead atoms. The van der Waals surface area contributed by atoms with E-state index in [1.54, 1.807) is 18.2 Å². The van der Waals surface area contributed by atoms with Crippen molar-refractivity contribution in [2.24, 2.45) is 0 Å². The van der Waals surface area contributed by atoms with Crippen LogP contribution in [0, 0.1) is 6.92 Å². The van der Waals surface area contributed by atoms with E-state index in [-0.39, 0.29) is 23.8 Å². The fourth-order valence-corrected chi connectivity index (χ4v) is 5.20. The molecule has 0 spiro atoms. The molecular formula is C20H18BrN3O4S3. The number of carbonyl (C=O) groups excluding carboxylic acids is 2. The first-order valence-corrected chi connectivity index (χ1v) is 12.5. The van der Waals surface area contributed by atoms with Gasteiger partial charge in [0.15, 0.2) is 0 Å². The maximum absolute atomic E-state index is 12.6. The molecule has 2 amide bonds. The van der Waals surface area contributed by atoms with Crippen molar-refractivity contribution in [2.45, 2.75) is 18.2 Å². The Kier molecular flexibility index (Phi) is 7.65. The number of hydrogen-bond donors (Lipinski definition) is 2. The van der Waals surface area contributed by atoms with Crippen LogP contribution in [-0.2, 0) is 19.6 Å². The fraction of sp³-hybridized carbons (Fsp3) is 0.150. The van der Waals surface area contributed by atoms with E-state index in [4.69, 9.17) is 12.2 Å². The van der Waals surface area contributed by atoms with Crippen molar-refractivity contribution in [3.63, 3.8) is 0 Å². The van der Waals surface area contributed by atoms with Crippen molar-refractivity contribution in [1.29, 1.82) is 0 Å². The van der Waals surface area contributed by atoms with Crippen LogP contribution in [-0.4, -0.2) is 36.0 Å². The molecule has 1 aliphatic rings. The van der Waals surface area contributed by atoms with Crippen molar-refractivity contribution in [2.75, 3.05) is 6.54 Å². The van der Waals surface area contributed by atoms with E-state index in [0.29, 0.717) is 9.23 Å². The minimum absolute atomic E-state index is 0.0352. The minimum Gasteiger partial charge on any atom is -0.292 e. The van der Waals surface area contributed by atoms with Crippen LogP contribution in [0.4, 0.5) is 0 Å². The summed E-state index contributed by atoms with van der Waals surface area (Å²) in [4.78, 5) is 28.6. The van der Waals surface area contributed by atoms with E-state index in [1.807, 2.05) is 31.2 Å². The number of hydrogen-bond acceptors (Lipinski definition) is 6. The van der Waals surface area contributed by atoms with E-state index in [9.17, 15) is 18.0 Å². The average molecular weight is 540 g/mol. The highest BCUT2D eigenvalue weighted by Gasteiger charge is 2.32. The lowest BCUT2D eigenvalue weighted by atomic mass is 10.2. The topological polar surface area (TPSA) is 95.6 Å². The highest BCUT2D eigenvalue weighted by molar-refractivity contribution is 9.10. The Hall–Kier alpha value is -2.05. The van der Waals surface area contributed by atoms with E-state index in [1.165, 1.54) is 17.0 Å². The Bertz CT molecular complexity index is 1160. The van der Waals surface area contributed by atoms with E-state index in [2.05, 4.69) is 26.2 Å². The summed E-state index contributed by atoms with van der Waals surface area (Å²) >= 11 is 9.81. The molecule has 1 saturated heterocycles. The highest BCUT2D eigenvalue weighted by Crippen LogP contribution is 2.32. The quantitative estimate of drug-likeness (QED) is 0.318. The predicted molar refractivity (Wildman–Crippen MR) is 128 cm³/mol. The molecule has 31 heavy (non-hydrogen) atoms. The fourth-order valence-electron chi connectivity index (χ4n) is 2.62. The molecule has 0 aliphatic carbocycles. The first-order valence-electron chi connectivity index (χ1n) is 9.04. The SMILES string of the molecule is Cc1ccc(S(=O)(=O)NNC(=O)CCN2C(=O)/C(=C/c3cccc(Br)c3)SC2=S)cc1. The summed E-state index contributed by atoms with van der Waals surface area (Å²) in [5.74, 6) is -0.872. The van der Waals surface area contributed by atoms with Crippen molar-refractivity contribution in [1.82, 2.24) is 15.2 Å². The third-order valence-corrected chi connectivity index (χ3v) is 7.37. The zero-order valence-corrected chi connectivity index (χ0v) is 20.3. The van der Waals surface area contributed by atoms with Gasteiger partial charge in [-0.1, -0.05) is 69.7 Å². The lowest BCUT2D eigenvalue weighted by molar-refractivity contribution is -0.124. The molecule has 0 saturated carbocycles. The average Bonchev–Trinajstić information content (AvgIpc) is 2.98. The number of thioether (sulfide) groups is 1. The molecule has 2 aromatic carbocycles. The molecule has 0 radical (unpaired) electrons. The van der Waals surface area contributed by atoms with Crippen LogP contribution in [0.1, 0.15) is 17.5 Å². The molecular weight excluding hydrogens is 522 g/mol. The van der Waals surface area contributed by atoms with Crippen molar-refractivity contribution >= 4 is 72.1 Å². The van der Waals surface area contributed by atoms with Crippen LogP contribution in [0.5, 0.6) is 0 Å². The van der Waals surface area contributed by atoms with Crippen molar-refractivity contribution in [3.05, 3.63) is 69.0 Å². The largest absolute Gasteiger partial charge is 0.292 e. The third-order valence-electron chi connectivity index (χ3n) is 4.24. The van der Waals surface area contributed by atoms with Crippen LogP contribution < -0.4 is 10.3 Å². The molecule has 0 aromatic heterocycles. The summed E-state index contributed by atoms with van der Waals surface area (Å²) in [6.07, 6.45) is 1.62. The Morgan fingerprint density at radius 3 is 2.61 bits per heavy atom. The maximum atomic E-state index is 12.6. The molecule has 1 heterocycles. The first-order chi connectivity index (χ1) is 14.7. The summed E-state index contributed by atoms with van der Waals surface area (Å²) in [7, 11) is -3.88. The summed E-state index contributed by atoms with van der Waals surface area (Å²) in [5.41, 5.74) is 3.92. The van der Waals surface area contributed by atoms with Gasteiger partial charge in [0.2, 0.25) is 5.91 Å². The Labute approximate surface area is 198 Å². The van der Waals surface area contributed by atoms with Gasteiger partial charge < -0.3 is 0 Å². The van der Waals surface area contributed by atoms with Gasteiger partial charge in [0, 0.05) is 17.4 Å². The van der Waals surface area contributed by atoms with Gasteiger partial charge in [-0.3, -0.25) is 19.9 Å². The van der Waals surface area contributed by atoms with E-state index < -0.39 is 15.9 Å². The lowest BCUT2D eigenvalue weighted by Gasteiger charge is -2.14. The van der Waals surface area contributed by atoms with Crippen LogP contribution in [0.25, 0.3) is 6.08 Å². The zero-order valence-electron chi connectivity index (χ0n) is 16.3. The molecule has 3 rings (SSSR count). The van der Waals surface area contributed by atoms with Gasteiger partial charge in [0.1, 0.15) is 4.32 Å². The number of nitrogens with zero attached hydrogens (tertiary/aromatic N) is 1. The Morgan fingerprint density at radius 1 is 1.23 bits per heavy atom. The second-order valence-electron chi connectivity index (χ2n) is 6.61. The smallest absolute Gasteiger partial charge is 0.266 e. The number of rotatable bonds is 7. The number of amides is 2. The molecule has 11 heteroatoms. The number of thiocarbonyl (C=S) groups is 1. The second-order valence-corrected chi connectivity index (χ2v) is 10.9. The van der Waals surface area contributed by atoms with Crippen LogP contribution in [0.15, 0.2) is 62.8 Å². The van der Waals surface area contributed by atoms with Gasteiger partial charge in [-0.25, -0.2) is 8.42 Å². The third kappa shape index (κ3) is 6.23. The van der Waals surface area contributed by atoms with Gasteiger partial charge in [0.25, 0.3) is 15.9 Å². The van der Waals surface area contributed by atoms with Crippen LogP contribution in [0.2, 0.25) is 0 Å². The predicted octanol–water partition coefficient (Wildman–Crippen LogP) is 3.36. The molecule has 2 aromatic rings. The highest BCUT2D eigenvalue weighted by atomic mass is 79.9. The van der Waals surface area contributed by atoms with Crippen LogP contribution in [0.3, 0.4) is 0 Å². The van der Waals surface area contributed by atoms with Gasteiger partial charge in [-0.05, 0) is 42.8 Å². The molecule has 2 N–H and O–H groups in total. The molecule has 162 valence electrons. The summed E-state index contributed by atoms with van der Waals surface area (Å²) in [6.45, 7) is 1.88. The van der Waals surface area contributed by atoms with E-state index >= 15 is 0 Å². The minimum atomic E-state index is -3.88. The first kappa shape index (κ1) is 23.6. The van der Waals surface area contributed by atoms with Gasteiger partial charge in [-0.15, -0.1) is 4.83 Å². The number of hydrazine groups is 1. The standard InChI is InChI=1S/C20H18BrN3O4S3/c1-13-5-7-16(8-6-13)31(27,28)23-22-18(25)9-10-24-19(26)17(30-20(24)29)12-14-3-2-4-15(21)11-14/h2-8,11-12,23H,9-10H2,1H3,(H,22,25)/b17-12-. The molecule has 7 nitrogen and oxygen atoms in total. The summed E-state index contributed by atoms with van der Waals surface area (Å²) in [6, 6.07) is 13.7. The molecule has 1 fully saturated rings. The lowest BCUT2D eigenvalue weighted by Crippen LogP contribution is -2.43. The number of benzene rings is 2. The van der Waals surface area contributed by atoms with Gasteiger partial charge in [0.05, 0.1) is 9.80 Å². The Morgan fingerprint density at radius 2 is 1.94 bits per heavy atom. The molecule has 0 unspecified atom stereocenters. The van der Waals surface area contributed by atoms with Gasteiger partial charge in [-0.2, -0.15) is 0 Å². The normalized spacial score (nSPS) is 15.5. The van der Waals surface area contributed by atoms with Crippen LogP contribution >= 0.6 is 39.9 Å². The monoisotopic (exact) mass is 539 g/mol. The molecule has 1 aliphatic heterocycles. The van der Waals surface area contributed by atoms with Gasteiger partial charge >= 0.3 is 0 Å². The van der Waals surface area contributed by atoms with E-state index in [0.717, 1.165) is 27.4 Å². The number of carbonyl (C=O) groups is 2. The summed E-state index contributed by atoms with van der Waals surface area (Å²) < 4.78 is 25.7.